The Morgan fingerprint density at radius 3 is 2.36 bits per heavy atom. The first-order valence-corrected chi connectivity index (χ1v) is 7.77. The topological polar surface area (TPSA) is 32.3 Å². The van der Waals surface area contributed by atoms with E-state index in [0.717, 1.165) is 11.4 Å². The van der Waals surface area contributed by atoms with Gasteiger partial charge in [0.1, 0.15) is 0 Å². The number of nitrogens with zero attached hydrogens (tertiary/aromatic N) is 1. The third-order valence-electron chi connectivity index (χ3n) is 3.62. The first-order valence-electron chi connectivity index (χ1n) is 7.77. The molecule has 0 aliphatic rings. The lowest BCUT2D eigenvalue weighted by Crippen LogP contribution is -2.31. The molecule has 0 heterocycles. The molecule has 2 aromatic rings. The second-order valence-electron chi connectivity index (χ2n) is 5.52. The van der Waals surface area contributed by atoms with Crippen LogP contribution < -0.4 is 10.2 Å². The van der Waals surface area contributed by atoms with Crippen LogP contribution in [0.4, 0.5) is 11.4 Å². The molecule has 0 aromatic heterocycles. The van der Waals surface area contributed by atoms with Gasteiger partial charge in [-0.3, -0.25) is 4.79 Å². The molecule has 0 unspecified atom stereocenters. The number of carbonyl (C=O) groups is 1. The number of rotatable bonds is 6. The van der Waals surface area contributed by atoms with Crippen LogP contribution in [0.1, 0.15) is 24.5 Å². The standard InChI is InChI=1S/C19H24N2O/c1-4-21(18-10-6-8-16(3)14-18)19(22)11-12-20-17-9-5-7-15(2)13-17/h5-10,13-14,20H,4,11-12H2,1-3H3. The average Bonchev–Trinajstić information content (AvgIpc) is 2.48. The van der Waals surface area contributed by atoms with Crippen molar-refractivity contribution >= 4 is 17.3 Å². The first kappa shape index (κ1) is 16.1. The Morgan fingerprint density at radius 2 is 1.73 bits per heavy atom. The molecule has 2 aromatic carbocycles. The monoisotopic (exact) mass is 296 g/mol. The van der Waals surface area contributed by atoms with Crippen LogP contribution >= 0.6 is 0 Å². The molecule has 2 rings (SSSR count). The SMILES string of the molecule is CCN(C(=O)CCNc1cccc(C)c1)c1cccc(C)c1. The van der Waals surface area contributed by atoms with Crippen molar-refractivity contribution in [2.45, 2.75) is 27.2 Å². The van der Waals surface area contributed by atoms with E-state index in [1.54, 1.807) is 0 Å². The Bertz CT molecular complexity index is 637. The maximum atomic E-state index is 12.4. The average molecular weight is 296 g/mol. The summed E-state index contributed by atoms with van der Waals surface area (Å²) >= 11 is 0. The number of anilines is 2. The number of nitrogens with one attached hydrogen (secondary N) is 1. The van der Waals surface area contributed by atoms with Gasteiger partial charge in [0.25, 0.3) is 0 Å². The minimum absolute atomic E-state index is 0.147. The highest BCUT2D eigenvalue weighted by atomic mass is 16.2. The maximum Gasteiger partial charge on any atom is 0.228 e. The Morgan fingerprint density at radius 1 is 1.05 bits per heavy atom. The molecular formula is C19H24N2O. The third kappa shape index (κ3) is 4.35. The van der Waals surface area contributed by atoms with Crippen LogP contribution in [0.2, 0.25) is 0 Å². The van der Waals surface area contributed by atoms with E-state index >= 15 is 0 Å². The summed E-state index contributed by atoms with van der Waals surface area (Å²) in [6.45, 7) is 7.44. The lowest BCUT2D eigenvalue weighted by Gasteiger charge is -2.21. The van der Waals surface area contributed by atoms with Gasteiger partial charge in [-0.2, -0.15) is 0 Å². The maximum absolute atomic E-state index is 12.4. The minimum atomic E-state index is 0.147. The van der Waals surface area contributed by atoms with Gasteiger partial charge in [0.15, 0.2) is 0 Å². The van der Waals surface area contributed by atoms with E-state index in [1.165, 1.54) is 11.1 Å². The molecule has 0 saturated carbocycles. The molecule has 0 radical (unpaired) electrons. The molecule has 0 atom stereocenters. The fourth-order valence-electron chi connectivity index (χ4n) is 2.50. The highest BCUT2D eigenvalue weighted by molar-refractivity contribution is 5.93. The van der Waals surface area contributed by atoms with Crippen LogP contribution in [0.15, 0.2) is 48.5 Å². The summed E-state index contributed by atoms with van der Waals surface area (Å²) in [5.41, 5.74) is 4.42. The van der Waals surface area contributed by atoms with Crippen LogP contribution in [0, 0.1) is 13.8 Å². The molecule has 0 spiro atoms. The van der Waals surface area contributed by atoms with E-state index in [4.69, 9.17) is 0 Å². The molecule has 0 saturated heterocycles. The van der Waals surface area contributed by atoms with E-state index in [-0.39, 0.29) is 5.91 Å². The van der Waals surface area contributed by atoms with Gasteiger partial charge in [-0.1, -0.05) is 24.3 Å². The van der Waals surface area contributed by atoms with Crippen molar-refractivity contribution in [1.82, 2.24) is 0 Å². The summed E-state index contributed by atoms with van der Waals surface area (Å²) in [7, 11) is 0. The fourth-order valence-corrected chi connectivity index (χ4v) is 2.50. The molecule has 0 aliphatic carbocycles. The van der Waals surface area contributed by atoms with Gasteiger partial charge in [-0.15, -0.1) is 0 Å². The Hall–Kier alpha value is -2.29. The lowest BCUT2D eigenvalue weighted by atomic mass is 10.2. The van der Waals surface area contributed by atoms with Crippen molar-refractivity contribution in [3.8, 4) is 0 Å². The van der Waals surface area contributed by atoms with Crippen molar-refractivity contribution in [2.75, 3.05) is 23.3 Å². The Kier molecular flexibility index (Phi) is 5.59. The molecule has 116 valence electrons. The second kappa shape index (κ2) is 7.64. The van der Waals surface area contributed by atoms with E-state index < -0.39 is 0 Å². The summed E-state index contributed by atoms with van der Waals surface area (Å²) in [6.07, 6.45) is 0.482. The highest BCUT2D eigenvalue weighted by Crippen LogP contribution is 2.17. The van der Waals surface area contributed by atoms with Gasteiger partial charge in [0.05, 0.1) is 0 Å². The largest absolute Gasteiger partial charge is 0.385 e. The molecule has 1 amide bonds. The zero-order valence-electron chi connectivity index (χ0n) is 13.6. The van der Waals surface area contributed by atoms with Crippen molar-refractivity contribution in [3.05, 3.63) is 59.7 Å². The second-order valence-corrected chi connectivity index (χ2v) is 5.52. The summed E-state index contributed by atoms with van der Waals surface area (Å²) in [4.78, 5) is 14.3. The number of amides is 1. The molecule has 0 aliphatic heterocycles. The van der Waals surface area contributed by atoms with Crippen LogP contribution in [0.3, 0.4) is 0 Å². The molecule has 0 fully saturated rings. The van der Waals surface area contributed by atoms with Gasteiger partial charge in [-0.25, -0.2) is 0 Å². The van der Waals surface area contributed by atoms with E-state index in [2.05, 4.69) is 30.4 Å². The van der Waals surface area contributed by atoms with Crippen molar-refractivity contribution < 1.29 is 4.79 Å². The Labute approximate surface area is 133 Å². The normalized spacial score (nSPS) is 10.3. The van der Waals surface area contributed by atoms with Crippen molar-refractivity contribution in [2.24, 2.45) is 0 Å². The quantitative estimate of drug-likeness (QED) is 0.868. The van der Waals surface area contributed by atoms with Crippen LogP contribution in [-0.2, 0) is 4.79 Å². The number of benzene rings is 2. The summed E-state index contributed by atoms with van der Waals surface area (Å²) in [5, 5.41) is 3.31. The van der Waals surface area contributed by atoms with Gasteiger partial charge in [0.2, 0.25) is 5.91 Å². The zero-order valence-corrected chi connectivity index (χ0v) is 13.6. The van der Waals surface area contributed by atoms with Gasteiger partial charge >= 0.3 is 0 Å². The van der Waals surface area contributed by atoms with E-state index in [0.29, 0.717) is 19.5 Å². The third-order valence-corrected chi connectivity index (χ3v) is 3.62. The lowest BCUT2D eigenvalue weighted by molar-refractivity contribution is -0.118. The molecular weight excluding hydrogens is 272 g/mol. The molecule has 3 heteroatoms. The number of carbonyl (C=O) groups excluding carboxylic acids is 1. The number of hydrogen-bond acceptors (Lipinski definition) is 2. The highest BCUT2D eigenvalue weighted by Gasteiger charge is 2.13. The van der Waals surface area contributed by atoms with Crippen molar-refractivity contribution in [3.63, 3.8) is 0 Å². The van der Waals surface area contributed by atoms with Gasteiger partial charge < -0.3 is 10.2 Å². The first-order chi connectivity index (χ1) is 10.6. The Balaban J connectivity index is 1.92. The molecule has 3 nitrogen and oxygen atoms in total. The summed E-state index contributed by atoms with van der Waals surface area (Å²) < 4.78 is 0. The van der Waals surface area contributed by atoms with E-state index in [9.17, 15) is 4.79 Å². The molecule has 1 N–H and O–H groups in total. The van der Waals surface area contributed by atoms with Crippen molar-refractivity contribution in [1.29, 1.82) is 0 Å². The summed E-state index contributed by atoms with van der Waals surface area (Å²) in [5.74, 6) is 0.147. The predicted octanol–water partition coefficient (Wildman–Crippen LogP) is 4.16. The van der Waals surface area contributed by atoms with Crippen LogP contribution in [0.5, 0.6) is 0 Å². The summed E-state index contributed by atoms with van der Waals surface area (Å²) in [6, 6.07) is 16.3. The number of aryl methyl sites for hydroxylation is 2. The minimum Gasteiger partial charge on any atom is -0.385 e. The predicted molar refractivity (Wildman–Crippen MR) is 93.5 cm³/mol. The smallest absolute Gasteiger partial charge is 0.228 e. The molecule has 22 heavy (non-hydrogen) atoms. The van der Waals surface area contributed by atoms with Crippen LogP contribution in [0.25, 0.3) is 0 Å². The van der Waals surface area contributed by atoms with Gasteiger partial charge in [0, 0.05) is 30.9 Å². The van der Waals surface area contributed by atoms with Gasteiger partial charge in [-0.05, 0) is 56.2 Å². The van der Waals surface area contributed by atoms with E-state index in [1.807, 2.05) is 49.1 Å². The number of hydrogen-bond donors (Lipinski definition) is 1. The fraction of sp³-hybridized carbons (Fsp3) is 0.316. The van der Waals surface area contributed by atoms with Crippen LogP contribution in [-0.4, -0.2) is 19.0 Å². The zero-order chi connectivity index (χ0) is 15.9. The molecule has 0 bridgehead atoms.